The average Bonchev–Trinajstić information content (AvgIpc) is 2.84. The fraction of sp³-hybridized carbons (Fsp3) is 0.400. The molecule has 0 fully saturated rings. The van der Waals surface area contributed by atoms with Crippen molar-refractivity contribution in [3.8, 4) is 0 Å². The summed E-state index contributed by atoms with van der Waals surface area (Å²) in [6, 6.07) is 10.7. The molecule has 2 aromatic rings. The maximum absolute atomic E-state index is 5.15. The van der Waals surface area contributed by atoms with Gasteiger partial charge < -0.3 is 10.1 Å². The Kier molecular flexibility index (Phi) is 5.76. The van der Waals surface area contributed by atoms with Crippen molar-refractivity contribution in [2.45, 2.75) is 19.0 Å². The van der Waals surface area contributed by atoms with Crippen LogP contribution in [0.1, 0.15) is 17.3 Å². The number of hydrogen-bond donors (Lipinski definition) is 1. The van der Waals surface area contributed by atoms with Crippen LogP contribution in [-0.2, 0) is 17.7 Å². The van der Waals surface area contributed by atoms with E-state index < -0.39 is 0 Å². The summed E-state index contributed by atoms with van der Waals surface area (Å²) in [6.45, 7) is 1.41. The Labute approximate surface area is 128 Å². The van der Waals surface area contributed by atoms with Crippen molar-refractivity contribution >= 4 is 15.9 Å². The van der Waals surface area contributed by atoms with Crippen molar-refractivity contribution in [2.24, 2.45) is 0 Å². The molecule has 1 N–H and O–H groups in total. The number of halogens is 1. The van der Waals surface area contributed by atoms with Gasteiger partial charge in [-0.05, 0) is 35.0 Å². The Morgan fingerprint density at radius 3 is 2.75 bits per heavy atom. The summed E-state index contributed by atoms with van der Waals surface area (Å²) in [5.74, 6) is 0. The lowest BCUT2D eigenvalue weighted by Gasteiger charge is -2.19. The number of nitrogens with zero attached hydrogens (tertiary/aromatic N) is 2. The van der Waals surface area contributed by atoms with Gasteiger partial charge in [-0.3, -0.25) is 4.68 Å². The topological polar surface area (TPSA) is 39.1 Å². The first-order valence-corrected chi connectivity index (χ1v) is 7.47. The van der Waals surface area contributed by atoms with E-state index in [-0.39, 0.29) is 6.04 Å². The highest BCUT2D eigenvalue weighted by Gasteiger charge is 2.19. The van der Waals surface area contributed by atoms with Crippen molar-refractivity contribution in [1.82, 2.24) is 15.1 Å². The SMILES string of the molecule is CNC(Cc1ccccc1)c1c(Br)cnn1CCOC. The Morgan fingerprint density at radius 1 is 1.35 bits per heavy atom. The molecule has 0 amide bonds. The second-order valence-corrected chi connectivity index (χ2v) is 5.48. The fourth-order valence-electron chi connectivity index (χ4n) is 2.26. The standard InChI is InChI=1S/C15H20BrN3O/c1-17-14(10-12-6-4-3-5-7-12)15-13(16)11-18-19(15)8-9-20-2/h3-7,11,14,17H,8-10H2,1-2H3. The second-order valence-electron chi connectivity index (χ2n) is 4.62. The van der Waals surface area contributed by atoms with Gasteiger partial charge in [0.15, 0.2) is 0 Å². The molecule has 2 rings (SSSR count). The molecule has 0 saturated heterocycles. The van der Waals surface area contributed by atoms with Gasteiger partial charge in [0.2, 0.25) is 0 Å². The van der Waals surface area contributed by atoms with Crippen molar-refractivity contribution in [3.63, 3.8) is 0 Å². The van der Waals surface area contributed by atoms with E-state index in [2.05, 4.69) is 50.6 Å². The van der Waals surface area contributed by atoms with Crippen molar-refractivity contribution in [1.29, 1.82) is 0 Å². The lowest BCUT2D eigenvalue weighted by Crippen LogP contribution is -2.23. The summed E-state index contributed by atoms with van der Waals surface area (Å²) in [4.78, 5) is 0. The van der Waals surface area contributed by atoms with Crippen LogP contribution in [-0.4, -0.2) is 30.5 Å². The van der Waals surface area contributed by atoms with Gasteiger partial charge in [-0.1, -0.05) is 30.3 Å². The average molecular weight is 338 g/mol. The van der Waals surface area contributed by atoms with E-state index in [1.54, 1.807) is 7.11 Å². The van der Waals surface area contributed by atoms with E-state index in [0.717, 1.165) is 23.1 Å². The Bertz CT molecular complexity index is 527. The third-order valence-electron chi connectivity index (χ3n) is 3.30. The predicted molar refractivity (Wildman–Crippen MR) is 83.7 cm³/mol. The number of benzene rings is 1. The van der Waals surface area contributed by atoms with E-state index in [1.807, 2.05) is 24.0 Å². The summed E-state index contributed by atoms with van der Waals surface area (Å²) in [5.41, 5.74) is 2.46. The van der Waals surface area contributed by atoms with E-state index in [9.17, 15) is 0 Å². The zero-order valence-electron chi connectivity index (χ0n) is 11.8. The van der Waals surface area contributed by atoms with Gasteiger partial charge in [0, 0.05) is 7.11 Å². The predicted octanol–water partition coefficient (Wildman–Crippen LogP) is 2.80. The summed E-state index contributed by atoms with van der Waals surface area (Å²) in [7, 11) is 3.69. The number of methoxy groups -OCH3 is 1. The van der Waals surface area contributed by atoms with Gasteiger partial charge >= 0.3 is 0 Å². The smallest absolute Gasteiger partial charge is 0.0699 e. The van der Waals surface area contributed by atoms with Gasteiger partial charge in [-0.2, -0.15) is 5.10 Å². The highest BCUT2D eigenvalue weighted by Crippen LogP contribution is 2.26. The molecule has 0 aliphatic carbocycles. The molecule has 0 bridgehead atoms. The highest BCUT2D eigenvalue weighted by molar-refractivity contribution is 9.10. The zero-order chi connectivity index (χ0) is 14.4. The van der Waals surface area contributed by atoms with Gasteiger partial charge in [0.25, 0.3) is 0 Å². The normalized spacial score (nSPS) is 12.6. The van der Waals surface area contributed by atoms with E-state index in [1.165, 1.54) is 5.56 Å². The minimum Gasteiger partial charge on any atom is -0.383 e. The maximum Gasteiger partial charge on any atom is 0.0699 e. The first-order valence-electron chi connectivity index (χ1n) is 6.67. The summed E-state index contributed by atoms with van der Waals surface area (Å²) in [5, 5.41) is 7.79. The fourth-order valence-corrected chi connectivity index (χ4v) is 2.83. The van der Waals surface area contributed by atoms with Gasteiger partial charge in [-0.25, -0.2) is 0 Å². The van der Waals surface area contributed by atoms with Crippen LogP contribution < -0.4 is 5.32 Å². The van der Waals surface area contributed by atoms with E-state index in [4.69, 9.17) is 4.74 Å². The molecule has 1 aromatic carbocycles. The second kappa shape index (κ2) is 7.57. The molecule has 0 saturated carbocycles. The summed E-state index contributed by atoms with van der Waals surface area (Å²) >= 11 is 3.60. The number of ether oxygens (including phenoxy) is 1. The lowest BCUT2D eigenvalue weighted by molar-refractivity contribution is 0.181. The molecule has 5 heteroatoms. The van der Waals surface area contributed by atoms with Crippen LogP contribution >= 0.6 is 15.9 Å². The molecule has 4 nitrogen and oxygen atoms in total. The number of aromatic nitrogens is 2. The highest BCUT2D eigenvalue weighted by atomic mass is 79.9. The van der Waals surface area contributed by atoms with Crippen LogP contribution in [0.4, 0.5) is 0 Å². The van der Waals surface area contributed by atoms with Gasteiger partial charge in [0.1, 0.15) is 0 Å². The summed E-state index contributed by atoms with van der Waals surface area (Å²) < 4.78 is 8.17. The van der Waals surface area contributed by atoms with Crippen LogP contribution in [0.15, 0.2) is 41.0 Å². The molecule has 0 spiro atoms. The molecular formula is C15H20BrN3O. The first-order chi connectivity index (χ1) is 9.76. The largest absolute Gasteiger partial charge is 0.383 e. The van der Waals surface area contributed by atoms with Crippen molar-refractivity contribution < 1.29 is 4.74 Å². The molecule has 1 atom stereocenters. The summed E-state index contributed by atoms with van der Waals surface area (Å²) in [6.07, 6.45) is 2.77. The van der Waals surface area contributed by atoms with Gasteiger partial charge in [-0.15, -0.1) is 0 Å². The molecule has 1 aromatic heterocycles. The molecule has 20 heavy (non-hydrogen) atoms. The number of likely N-dealkylation sites (N-methyl/N-ethyl adjacent to an activating group) is 1. The Morgan fingerprint density at radius 2 is 2.10 bits per heavy atom. The number of rotatable bonds is 7. The molecule has 0 radical (unpaired) electrons. The molecule has 1 heterocycles. The first kappa shape index (κ1) is 15.2. The van der Waals surface area contributed by atoms with Crippen LogP contribution in [0.5, 0.6) is 0 Å². The van der Waals surface area contributed by atoms with Crippen LogP contribution in [0, 0.1) is 0 Å². The number of hydrogen-bond acceptors (Lipinski definition) is 3. The molecular weight excluding hydrogens is 318 g/mol. The van der Waals surface area contributed by atoms with Crippen LogP contribution in [0.25, 0.3) is 0 Å². The Balaban J connectivity index is 2.20. The molecule has 108 valence electrons. The quantitative estimate of drug-likeness (QED) is 0.844. The number of nitrogens with one attached hydrogen (secondary N) is 1. The zero-order valence-corrected chi connectivity index (χ0v) is 13.4. The monoisotopic (exact) mass is 337 g/mol. The van der Waals surface area contributed by atoms with Crippen LogP contribution in [0.3, 0.4) is 0 Å². The van der Waals surface area contributed by atoms with E-state index in [0.29, 0.717) is 6.61 Å². The maximum atomic E-state index is 5.15. The molecule has 1 unspecified atom stereocenters. The third kappa shape index (κ3) is 3.69. The van der Waals surface area contributed by atoms with Crippen LogP contribution in [0.2, 0.25) is 0 Å². The van der Waals surface area contributed by atoms with Gasteiger partial charge in [0.05, 0.1) is 35.6 Å². The minimum absolute atomic E-state index is 0.214. The van der Waals surface area contributed by atoms with Crippen molar-refractivity contribution in [2.75, 3.05) is 20.8 Å². The molecule has 0 aliphatic heterocycles. The minimum atomic E-state index is 0.214. The third-order valence-corrected chi connectivity index (χ3v) is 3.91. The Hall–Kier alpha value is -1.17. The van der Waals surface area contributed by atoms with Crippen molar-refractivity contribution in [3.05, 3.63) is 52.3 Å². The molecule has 0 aliphatic rings. The van der Waals surface area contributed by atoms with E-state index >= 15 is 0 Å². The lowest BCUT2D eigenvalue weighted by atomic mass is 10.0.